The zero-order valence-electron chi connectivity index (χ0n) is 9.45. The van der Waals surface area contributed by atoms with Crippen LogP contribution in [0.4, 0.5) is 11.8 Å². The third kappa shape index (κ3) is 4.05. The molecule has 0 fully saturated rings. The van der Waals surface area contributed by atoms with Gasteiger partial charge < -0.3 is 10.6 Å². The summed E-state index contributed by atoms with van der Waals surface area (Å²) >= 11 is 3.36. The highest BCUT2D eigenvalue weighted by atomic mass is 79.9. The first kappa shape index (κ1) is 13.4. The lowest BCUT2D eigenvalue weighted by molar-refractivity contribution is 0.683. The normalized spacial score (nSPS) is 14.2. The van der Waals surface area contributed by atoms with E-state index in [1.54, 1.807) is 19.5 Å². The fraction of sp³-hybridized carbons (Fsp3) is 0.556. The van der Waals surface area contributed by atoms with E-state index in [-0.39, 0.29) is 6.04 Å². The van der Waals surface area contributed by atoms with Crippen LogP contribution < -0.4 is 10.6 Å². The Kier molecular flexibility index (Phi) is 5.14. The van der Waals surface area contributed by atoms with Gasteiger partial charge in [-0.1, -0.05) is 0 Å². The molecule has 5 nitrogen and oxygen atoms in total. The SMILES string of the molecule is CNc1ncc(Br)c(NC(C)CS(C)=O)n1. The summed E-state index contributed by atoms with van der Waals surface area (Å²) in [6, 6.07) is 0.0988. The fourth-order valence-electron chi connectivity index (χ4n) is 1.22. The molecule has 0 radical (unpaired) electrons. The second-order valence-electron chi connectivity index (χ2n) is 3.43. The van der Waals surface area contributed by atoms with Crippen molar-refractivity contribution < 1.29 is 4.21 Å². The molecule has 2 unspecified atom stereocenters. The number of hydrogen-bond acceptors (Lipinski definition) is 5. The molecule has 7 heteroatoms. The Balaban J connectivity index is 2.75. The van der Waals surface area contributed by atoms with Gasteiger partial charge in [-0.3, -0.25) is 4.21 Å². The third-order valence-electron chi connectivity index (χ3n) is 1.84. The van der Waals surface area contributed by atoms with Crippen molar-refractivity contribution in [2.75, 3.05) is 29.7 Å². The average molecular weight is 307 g/mol. The van der Waals surface area contributed by atoms with E-state index >= 15 is 0 Å². The number of anilines is 2. The van der Waals surface area contributed by atoms with Gasteiger partial charge in [-0.2, -0.15) is 4.98 Å². The molecule has 0 bridgehead atoms. The molecule has 0 saturated carbocycles. The molecule has 1 aromatic heterocycles. The first-order valence-electron chi connectivity index (χ1n) is 4.79. The molecule has 0 saturated heterocycles. The van der Waals surface area contributed by atoms with Crippen molar-refractivity contribution in [3.05, 3.63) is 10.7 Å². The Bertz CT molecular complexity index is 388. The first-order chi connectivity index (χ1) is 7.52. The van der Waals surface area contributed by atoms with Crippen molar-refractivity contribution in [2.45, 2.75) is 13.0 Å². The molecule has 0 aliphatic carbocycles. The lowest BCUT2D eigenvalue weighted by Gasteiger charge is -2.14. The van der Waals surface area contributed by atoms with Crippen LogP contribution in [0.5, 0.6) is 0 Å². The summed E-state index contributed by atoms with van der Waals surface area (Å²) in [5, 5.41) is 6.05. The summed E-state index contributed by atoms with van der Waals surface area (Å²) in [6.45, 7) is 1.97. The molecule has 0 aliphatic heterocycles. The molecule has 0 aromatic carbocycles. The predicted octanol–water partition coefficient (Wildman–Crippen LogP) is 1.46. The summed E-state index contributed by atoms with van der Waals surface area (Å²) in [4.78, 5) is 8.32. The van der Waals surface area contributed by atoms with E-state index in [1.807, 2.05) is 6.92 Å². The molecule has 0 amide bonds. The number of aromatic nitrogens is 2. The zero-order chi connectivity index (χ0) is 12.1. The monoisotopic (exact) mass is 306 g/mol. The van der Waals surface area contributed by atoms with Gasteiger partial charge in [-0.05, 0) is 22.9 Å². The minimum atomic E-state index is -0.820. The van der Waals surface area contributed by atoms with Crippen LogP contribution in [0.3, 0.4) is 0 Å². The fourth-order valence-corrected chi connectivity index (χ4v) is 2.31. The highest BCUT2D eigenvalue weighted by Crippen LogP contribution is 2.20. The van der Waals surface area contributed by atoms with Crippen molar-refractivity contribution in [3.63, 3.8) is 0 Å². The maximum Gasteiger partial charge on any atom is 0.224 e. The van der Waals surface area contributed by atoms with E-state index in [0.29, 0.717) is 17.5 Å². The van der Waals surface area contributed by atoms with Crippen molar-refractivity contribution in [1.82, 2.24) is 9.97 Å². The van der Waals surface area contributed by atoms with Gasteiger partial charge in [0, 0.05) is 42.1 Å². The van der Waals surface area contributed by atoms with Gasteiger partial charge in [-0.25, -0.2) is 4.98 Å². The lowest BCUT2D eigenvalue weighted by atomic mass is 10.4. The molecule has 2 atom stereocenters. The summed E-state index contributed by atoms with van der Waals surface area (Å²) in [5.41, 5.74) is 0. The number of halogens is 1. The van der Waals surface area contributed by atoms with E-state index in [2.05, 4.69) is 36.5 Å². The van der Waals surface area contributed by atoms with Crippen LogP contribution in [0.2, 0.25) is 0 Å². The molecule has 1 aromatic rings. The number of hydrogen-bond donors (Lipinski definition) is 2. The predicted molar refractivity (Wildman–Crippen MR) is 71.3 cm³/mol. The smallest absolute Gasteiger partial charge is 0.224 e. The maximum absolute atomic E-state index is 11.1. The Labute approximate surface area is 106 Å². The Hall–Kier alpha value is -0.690. The Morgan fingerprint density at radius 1 is 1.62 bits per heavy atom. The van der Waals surface area contributed by atoms with Gasteiger partial charge in [0.25, 0.3) is 0 Å². The van der Waals surface area contributed by atoms with Gasteiger partial charge in [0.2, 0.25) is 5.95 Å². The quantitative estimate of drug-likeness (QED) is 0.862. The molecule has 0 aliphatic rings. The van der Waals surface area contributed by atoms with E-state index < -0.39 is 10.8 Å². The Morgan fingerprint density at radius 2 is 2.31 bits per heavy atom. The topological polar surface area (TPSA) is 66.9 Å². The minimum Gasteiger partial charge on any atom is -0.366 e. The van der Waals surface area contributed by atoms with Crippen LogP contribution in [-0.2, 0) is 10.8 Å². The third-order valence-corrected chi connectivity index (χ3v) is 3.39. The molecule has 1 rings (SSSR count). The molecule has 1 heterocycles. The van der Waals surface area contributed by atoms with Crippen LogP contribution >= 0.6 is 15.9 Å². The molecular formula is C9H15BrN4OS. The molecule has 90 valence electrons. The zero-order valence-corrected chi connectivity index (χ0v) is 11.9. The second-order valence-corrected chi connectivity index (χ2v) is 5.76. The largest absolute Gasteiger partial charge is 0.366 e. The molecule has 2 N–H and O–H groups in total. The standard InChI is InChI=1S/C9H15BrN4OS/c1-6(5-16(3)15)13-8-7(10)4-12-9(11-2)14-8/h4,6H,5H2,1-3H3,(H2,11,12,13,14). The van der Waals surface area contributed by atoms with Gasteiger partial charge in [0.1, 0.15) is 5.82 Å². The first-order valence-corrected chi connectivity index (χ1v) is 7.31. The van der Waals surface area contributed by atoms with E-state index in [0.717, 1.165) is 4.47 Å². The summed E-state index contributed by atoms with van der Waals surface area (Å²) in [5.74, 6) is 1.85. The summed E-state index contributed by atoms with van der Waals surface area (Å²) in [7, 11) is 0.942. The van der Waals surface area contributed by atoms with Crippen LogP contribution in [0.25, 0.3) is 0 Å². The van der Waals surface area contributed by atoms with Crippen LogP contribution in [0, 0.1) is 0 Å². The van der Waals surface area contributed by atoms with E-state index in [4.69, 9.17) is 0 Å². The van der Waals surface area contributed by atoms with E-state index in [9.17, 15) is 4.21 Å². The van der Waals surface area contributed by atoms with Gasteiger partial charge in [-0.15, -0.1) is 0 Å². The minimum absolute atomic E-state index is 0.0988. The second kappa shape index (κ2) is 6.15. The number of rotatable bonds is 5. The van der Waals surface area contributed by atoms with Crippen molar-refractivity contribution in [1.29, 1.82) is 0 Å². The van der Waals surface area contributed by atoms with Crippen LogP contribution in [0.15, 0.2) is 10.7 Å². The van der Waals surface area contributed by atoms with Crippen molar-refractivity contribution >= 4 is 38.5 Å². The molecule has 16 heavy (non-hydrogen) atoms. The lowest BCUT2D eigenvalue weighted by Crippen LogP contribution is -2.23. The average Bonchev–Trinajstić information content (AvgIpc) is 2.20. The van der Waals surface area contributed by atoms with Gasteiger partial charge >= 0.3 is 0 Å². The van der Waals surface area contributed by atoms with Crippen LogP contribution in [-0.4, -0.2) is 39.3 Å². The van der Waals surface area contributed by atoms with Gasteiger partial charge in [0.15, 0.2) is 0 Å². The number of nitrogens with zero attached hydrogens (tertiary/aromatic N) is 2. The van der Waals surface area contributed by atoms with E-state index in [1.165, 1.54) is 0 Å². The van der Waals surface area contributed by atoms with Crippen LogP contribution in [0.1, 0.15) is 6.92 Å². The van der Waals surface area contributed by atoms with Gasteiger partial charge in [0.05, 0.1) is 4.47 Å². The Morgan fingerprint density at radius 3 is 2.88 bits per heavy atom. The molecular weight excluding hydrogens is 292 g/mol. The molecule has 0 spiro atoms. The van der Waals surface area contributed by atoms with Crippen molar-refractivity contribution in [3.8, 4) is 0 Å². The highest BCUT2D eigenvalue weighted by molar-refractivity contribution is 9.10. The number of nitrogens with one attached hydrogen (secondary N) is 2. The highest BCUT2D eigenvalue weighted by Gasteiger charge is 2.09. The van der Waals surface area contributed by atoms with Crippen molar-refractivity contribution in [2.24, 2.45) is 0 Å². The maximum atomic E-state index is 11.1. The summed E-state index contributed by atoms with van der Waals surface area (Å²) in [6.07, 6.45) is 3.36. The summed E-state index contributed by atoms with van der Waals surface area (Å²) < 4.78 is 11.9.